The Labute approximate surface area is 82.9 Å². The summed E-state index contributed by atoms with van der Waals surface area (Å²) in [5.74, 6) is 2.22. The summed E-state index contributed by atoms with van der Waals surface area (Å²) in [7, 11) is 0. The molecule has 0 unspecified atom stereocenters. The van der Waals surface area contributed by atoms with Gasteiger partial charge in [-0.2, -0.15) is 0 Å². The highest BCUT2D eigenvalue weighted by atomic mass is 16.1. The highest BCUT2D eigenvalue weighted by Gasteiger charge is 2.11. The molecule has 0 bridgehead atoms. The zero-order valence-corrected chi connectivity index (χ0v) is 9.76. The third-order valence-corrected chi connectivity index (χ3v) is 2.09. The summed E-state index contributed by atoms with van der Waals surface area (Å²) in [6.45, 7) is 10.8. The number of Topliss-reactive ketones (excluding diaryl/α,β-unsaturated/α-hetero) is 1. The second-order valence-corrected chi connectivity index (χ2v) is 5.08. The number of ketones is 1. The molecule has 0 fully saturated rings. The molecule has 0 saturated heterocycles. The monoisotopic (exact) mass is 184 g/mol. The molecule has 0 radical (unpaired) electrons. The van der Waals surface area contributed by atoms with Crippen LogP contribution in [-0.4, -0.2) is 5.78 Å². The van der Waals surface area contributed by atoms with E-state index in [9.17, 15) is 4.79 Å². The fourth-order valence-electron chi connectivity index (χ4n) is 1.82. The van der Waals surface area contributed by atoms with Gasteiger partial charge in [0.2, 0.25) is 0 Å². The van der Waals surface area contributed by atoms with E-state index in [-0.39, 0.29) is 0 Å². The normalized spacial score (nSPS) is 13.8. The Morgan fingerprint density at radius 1 is 0.923 bits per heavy atom. The Morgan fingerprint density at radius 2 is 1.46 bits per heavy atom. The summed E-state index contributed by atoms with van der Waals surface area (Å²) in [4.78, 5) is 11.4. The van der Waals surface area contributed by atoms with E-state index in [0.29, 0.717) is 23.5 Å². The molecule has 0 aliphatic heterocycles. The van der Waals surface area contributed by atoms with Crippen LogP contribution in [0.25, 0.3) is 0 Å². The molecule has 0 rings (SSSR count). The maximum absolute atomic E-state index is 11.4. The number of hydrogen-bond acceptors (Lipinski definition) is 1. The molecule has 1 atom stereocenters. The largest absolute Gasteiger partial charge is 0.300 e. The SMILES string of the molecule is CC(C)CC(=O)C[C@@H](C)CC(C)C. The molecule has 0 aliphatic rings. The van der Waals surface area contributed by atoms with E-state index >= 15 is 0 Å². The van der Waals surface area contributed by atoms with Crippen LogP contribution in [0.3, 0.4) is 0 Å². The van der Waals surface area contributed by atoms with Gasteiger partial charge in [-0.25, -0.2) is 0 Å². The van der Waals surface area contributed by atoms with E-state index in [1.165, 1.54) is 6.42 Å². The quantitative estimate of drug-likeness (QED) is 0.615. The number of carbonyl (C=O) groups is 1. The smallest absolute Gasteiger partial charge is 0.133 e. The van der Waals surface area contributed by atoms with Gasteiger partial charge in [-0.1, -0.05) is 34.6 Å². The van der Waals surface area contributed by atoms with Crippen molar-refractivity contribution >= 4 is 5.78 Å². The van der Waals surface area contributed by atoms with Crippen LogP contribution < -0.4 is 0 Å². The molecule has 13 heavy (non-hydrogen) atoms. The van der Waals surface area contributed by atoms with Crippen LogP contribution in [-0.2, 0) is 4.79 Å². The summed E-state index contributed by atoms with van der Waals surface area (Å²) in [6, 6.07) is 0. The Bertz CT molecular complexity index is 147. The molecular weight excluding hydrogens is 160 g/mol. The van der Waals surface area contributed by atoms with E-state index in [2.05, 4.69) is 34.6 Å². The molecule has 0 saturated carbocycles. The Kier molecular flexibility index (Phi) is 6.02. The van der Waals surface area contributed by atoms with Gasteiger partial charge >= 0.3 is 0 Å². The van der Waals surface area contributed by atoms with Crippen molar-refractivity contribution in [3.63, 3.8) is 0 Å². The average molecular weight is 184 g/mol. The van der Waals surface area contributed by atoms with Crippen LogP contribution in [0.4, 0.5) is 0 Å². The first-order valence-corrected chi connectivity index (χ1v) is 5.43. The molecule has 0 spiro atoms. The minimum atomic E-state index is 0.433. The predicted molar refractivity (Wildman–Crippen MR) is 57.7 cm³/mol. The standard InChI is InChI=1S/C12H24O/c1-9(2)6-11(5)8-12(13)7-10(3)4/h9-11H,6-8H2,1-5H3/t11-/m0/s1. The molecule has 1 heteroatoms. The second kappa shape index (κ2) is 6.17. The summed E-state index contributed by atoms with van der Waals surface area (Å²) in [6.07, 6.45) is 2.70. The zero-order valence-electron chi connectivity index (χ0n) is 9.76. The van der Waals surface area contributed by atoms with Gasteiger partial charge in [0.1, 0.15) is 5.78 Å². The molecule has 1 nitrogen and oxygen atoms in total. The fourth-order valence-corrected chi connectivity index (χ4v) is 1.82. The van der Waals surface area contributed by atoms with Gasteiger partial charge in [0, 0.05) is 12.8 Å². The lowest BCUT2D eigenvalue weighted by Crippen LogP contribution is -2.09. The maximum Gasteiger partial charge on any atom is 0.133 e. The maximum atomic E-state index is 11.4. The Hall–Kier alpha value is -0.330. The second-order valence-electron chi connectivity index (χ2n) is 5.08. The molecule has 0 aromatic heterocycles. The van der Waals surface area contributed by atoms with Crippen molar-refractivity contribution in [3.05, 3.63) is 0 Å². The molecule has 0 aliphatic carbocycles. The van der Waals surface area contributed by atoms with Gasteiger partial charge < -0.3 is 0 Å². The lowest BCUT2D eigenvalue weighted by atomic mass is 9.92. The number of hydrogen-bond donors (Lipinski definition) is 0. The van der Waals surface area contributed by atoms with E-state index in [1.807, 2.05) is 0 Å². The van der Waals surface area contributed by atoms with Crippen molar-refractivity contribution in [2.75, 3.05) is 0 Å². The van der Waals surface area contributed by atoms with Crippen LogP contribution in [0.5, 0.6) is 0 Å². The number of rotatable bonds is 6. The zero-order chi connectivity index (χ0) is 10.4. The van der Waals surface area contributed by atoms with Crippen LogP contribution in [0.2, 0.25) is 0 Å². The Morgan fingerprint density at radius 3 is 1.85 bits per heavy atom. The van der Waals surface area contributed by atoms with Crippen molar-refractivity contribution < 1.29 is 4.79 Å². The van der Waals surface area contributed by atoms with Crippen molar-refractivity contribution in [2.24, 2.45) is 17.8 Å². The van der Waals surface area contributed by atoms with Crippen LogP contribution in [0, 0.1) is 17.8 Å². The van der Waals surface area contributed by atoms with Crippen LogP contribution in [0.15, 0.2) is 0 Å². The van der Waals surface area contributed by atoms with Gasteiger partial charge in [-0.3, -0.25) is 4.79 Å². The molecule has 78 valence electrons. The van der Waals surface area contributed by atoms with Crippen molar-refractivity contribution in [2.45, 2.75) is 53.9 Å². The van der Waals surface area contributed by atoms with Gasteiger partial charge in [-0.15, -0.1) is 0 Å². The summed E-state index contributed by atoms with van der Waals surface area (Å²) in [5, 5.41) is 0. The van der Waals surface area contributed by atoms with E-state index in [1.54, 1.807) is 0 Å². The van der Waals surface area contributed by atoms with Crippen molar-refractivity contribution in [3.8, 4) is 0 Å². The van der Waals surface area contributed by atoms with Gasteiger partial charge in [0.15, 0.2) is 0 Å². The van der Waals surface area contributed by atoms with E-state index in [0.717, 1.165) is 12.8 Å². The number of carbonyl (C=O) groups excluding carboxylic acids is 1. The van der Waals surface area contributed by atoms with Crippen molar-refractivity contribution in [1.29, 1.82) is 0 Å². The first-order chi connectivity index (χ1) is 5.91. The third kappa shape index (κ3) is 8.01. The summed E-state index contributed by atoms with van der Waals surface area (Å²) in [5.41, 5.74) is 0. The topological polar surface area (TPSA) is 17.1 Å². The van der Waals surface area contributed by atoms with Crippen molar-refractivity contribution in [1.82, 2.24) is 0 Å². The fraction of sp³-hybridized carbons (Fsp3) is 0.917. The summed E-state index contributed by atoms with van der Waals surface area (Å²) < 4.78 is 0. The van der Waals surface area contributed by atoms with E-state index in [4.69, 9.17) is 0 Å². The van der Waals surface area contributed by atoms with Gasteiger partial charge in [0.05, 0.1) is 0 Å². The predicted octanol–water partition coefficient (Wildman–Crippen LogP) is 3.67. The minimum Gasteiger partial charge on any atom is -0.300 e. The van der Waals surface area contributed by atoms with Crippen LogP contribution >= 0.6 is 0 Å². The lowest BCUT2D eigenvalue weighted by molar-refractivity contribution is -0.120. The summed E-state index contributed by atoms with van der Waals surface area (Å²) >= 11 is 0. The highest BCUT2D eigenvalue weighted by Crippen LogP contribution is 2.16. The first-order valence-electron chi connectivity index (χ1n) is 5.43. The first kappa shape index (κ1) is 12.7. The molecule has 0 aromatic carbocycles. The third-order valence-electron chi connectivity index (χ3n) is 2.09. The lowest BCUT2D eigenvalue weighted by Gasteiger charge is -2.13. The molecule has 0 amide bonds. The Balaban J connectivity index is 3.65. The van der Waals surface area contributed by atoms with Crippen LogP contribution in [0.1, 0.15) is 53.9 Å². The molecule has 0 N–H and O–H groups in total. The molecular formula is C12H24O. The molecule has 0 aromatic rings. The van der Waals surface area contributed by atoms with Gasteiger partial charge in [0.25, 0.3) is 0 Å². The van der Waals surface area contributed by atoms with Gasteiger partial charge in [-0.05, 0) is 24.2 Å². The average Bonchev–Trinajstić information content (AvgIpc) is 1.80. The molecule has 0 heterocycles. The van der Waals surface area contributed by atoms with E-state index < -0.39 is 0 Å². The highest BCUT2D eigenvalue weighted by molar-refractivity contribution is 5.78. The minimum absolute atomic E-state index is 0.433.